The molecule has 0 saturated heterocycles. The Balaban J connectivity index is 2.40. The average Bonchev–Trinajstić information content (AvgIpc) is 2.21. The molecule has 2 N–H and O–H groups in total. The Morgan fingerprint density at radius 3 is 2.14 bits per heavy atom. The Hall–Kier alpha value is 0.110. The van der Waals surface area contributed by atoms with Gasteiger partial charge in [0.25, 0.3) is 0 Å². The molecule has 0 amide bonds. The van der Waals surface area contributed by atoms with Crippen LogP contribution < -0.4 is 5.73 Å². The van der Waals surface area contributed by atoms with Gasteiger partial charge in [-0.3, -0.25) is 4.57 Å². The number of hydrogen-bond acceptors (Lipinski definition) is 4. The van der Waals surface area contributed by atoms with E-state index in [-0.39, 0.29) is 0 Å². The molecular weight excluding hydrogens is 201 g/mol. The van der Waals surface area contributed by atoms with Crippen LogP contribution in [0.3, 0.4) is 0 Å². The van der Waals surface area contributed by atoms with Crippen molar-refractivity contribution in [3.05, 3.63) is 0 Å². The summed E-state index contributed by atoms with van der Waals surface area (Å²) in [4.78, 5) is 0. The monoisotopic (exact) mass is 221 g/mol. The van der Waals surface area contributed by atoms with Gasteiger partial charge in [0, 0.05) is 20.3 Å². The fraction of sp³-hybridized carbons (Fsp3) is 1.00. The molecule has 1 saturated carbocycles. The van der Waals surface area contributed by atoms with Gasteiger partial charge in [-0.25, -0.2) is 0 Å². The first-order chi connectivity index (χ1) is 6.59. The van der Waals surface area contributed by atoms with Crippen LogP contribution >= 0.6 is 7.60 Å². The highest BCUT2D eigenvalue weighted by Crippen LogP contribution is 2.49. The maximum atomic E-state index is 11.8. The van der Waals surface area contributed by atoms with E-state index in [1.165, 1.54) is 14.2 Å². The van der Waals surface area contributed by atoms with Crippen LogP contribution in [0.2, 0.25) is 0 Å². The third-order valence-corrected chi connectivity index (χ3v) is 5.01. The second-order valence-corrected chi connectivity index (χ2v) is 6.26. The third kappa shape index (κ3) is 3.35. The van der Waals surface area contributed by atoms with Crippen molar-refractivity contribution in [2.75, 3.05) is 20.4 Å². The summed E-state index contributed by atoms with van der Waals surface area (Å²) in [7, 11) is 0.0764. The fourth-order valence-electron chi connectivity index (χ4n) is 1.91. The van der Waals surface area contributed by atoms with Crippen molar-refractivity contribution < 1.29 is 13.6 Å². The van der Waals surface area contributed by atoms with Gasteiger partial charge in [-0.1, -0.05) is 0 Å². The minimum atomic E-state index is -2.81. The van der Waals surface area contributed by atoms with Gasteiger partial charge in [-0.05, 0) is 31.6 Å². The molecule has 84 valence electrons. The molecule has 0 radical (unpaired) electrons. The zero-order chi connectivity index (χ0) is 10.6. The molecular formula is C9H20NO3P. The first kappa shape index (κ1) is 12.2. The lowest BCUT2D eigenvalue weighted by atomic mass is 9.88. The summed E-state index contributed by atoms with van der Waals surface area (Å²) in [6.07, 6.45) is 4.67. The Morgan fingerprint density at radius 1 is 1.21 bits per heavy atom. The maximum absolute atomic E-state index is 11.8. The van der Waals surface area contributed by atoms with Crippen molar-refractivity contribution in [1.82, 2.24) is 0 Å². The van der Waals surface area contributed by atoms with Gasteiger partial charge in [0.2, 0.25) is 0 Å². The zero-order valence-corrected chi connectivity index (χ0v) is 9.83. The molecule has 0 bridgehead atoms. The smallest absolute Gasteiger partial charge is 0.328 e. The van der Waals surface area contributed by atoms with Gasteiger partial charge in [-0.15, -0.1) is 0 Å². The summed E-state index contributed by atoms with van der Waals surface area (Å²) in [5.41, 5.74) is 5.79. The molecule has 0 aromatic carbocycles. The molecule has 0 atom stereocenters. The minimum absolute atomic E-state index is 0.329. The SMILES string of the molecule is COP(=O)(CC1CCC(N)CC1)OC. The molecule has 14 heavy (non-hydrogen) atoms. The highest BCUT2D eigenvalue weighted by molar-refractivity contribution is 7.53. The topological polar surface area (TPSA) is 61.5 Å². The van der Waals surface area contributed by atoms with Crippen molar-refractivity contribution >= 4 is 7.60 Å². The number of rotatable bonds is 4. The summed E-state index contributed by atoms with van der Waals surface area (Å²) in [5, 5.41) is 0. The second-order valence-electron chi connectivity index (χ2n) is 3.94. The lowest BCUT2D eigenvalue weighted by Gasteiger charge is -2.27. The van der Waals surface area contributed by atoms with E-state index >= 15 is 0 Å². The van der Waals surface area contributed by atoms with Gasteiger partial charge < -0.3 is 14.8 Å². The lowest BCUT2D eigenvalue weighted by Crippen LogP contribution is -2.27. The normalized spacial score (nSPS) is 29.1. The Morgan fingerprint density at radius 2 is 1.71 bits per heavy atom. The van der Waals surface area contributed by atoms with Crippen LogP contribution in [-0.2, 0) is 13.6 Å². The van der Waals surface area contributed by atoms with E-state index in [1.54, 1.807) is 0 Å². The highest BCUT2D eigenvalue weighted by Gasteiger charge is 2.29. The fourth-order valence-corrected chi connectivity index (χ4v) is 3.36. The van der Waals surface area contributed by atoms with E-state index in [1.807, 2.05) is 0 Å². The van der Waals surface area contributed by atoms with Crippen molar-refractivity contribution in [1.29, 1.82) is 0 Å². The summed E-state index contributed by atoms with van der Waals surface area (Å²) in [5.74, 6) is 0.445. The number of hydrogen-bond donors (Lipinski definition) is 1. The largest absolute Gasteiger partial charge is 0.330 e. The summed E-state index contributed by atoms with van der Waals surface area (Å²) < 4.78 is 21.7. The molecule has 0 heterocycles. The van der Waals surface area contributed by atoms with E-state index in [9.17, 15) is 4.57 Å². The molecule has 1 rings (SSSR count). The molecule has 4 nitrogen and oxygen atoms in total. The summed E-state index contributed by atoms with van der Waals surface area (Å²) >= 11 is 0. The Kier molecular flexibility index (Phi) is 4.58. The van der Waals surface area contributed by atoms with Crippen LogP contribution in [0.5, 0.6) is 0 Å². The van der Waals surface area contributed by atoms with Crippen LogP contribution in [0, 0.1) is 5.92 Å². The molecule has 1 aliphatic carbocycles. The zero-order valence-electron chi connectivity index (χ0n) is 8.94. The highest BCUT2D eigenvalue weighted by atomic mass is 31.2. The van der Waals surface area contributed by atoms with Crippen molar-refractivity contribution in [2.24, 2.45) is 11.7 Å². The van der Waals surface area contributed by atoms with Crippen LogP contribution in [0.15, 0.2) is 0 Å². The van der Waals surface area contributed by atoms with Crippen LogP contribution in [0.25, 0.3) is 0 Å². The van der Waals surface area contributed by atoms with Crippen molar-refractivity contribution in [3.63, 3.8) is 0 Å². The van der Waals surface area contributed by atoms with E-state index < -0.39 is 7.60 Å². The van der Waals surface area contributed by atoms with E-state index in [0.717, 1.165) is 25.7 Å². The first-order valence-corrected chi connectivity index (χ1v) is 6.78. The van der Waals surface area contributed by atoms with Gasteiger partial charge >= 0.3 is 7.60 Å². The quantitative estimate of drug-likeness (QED) is 0.737. The molecule has 5 heteroatoms. The van der Waals surface area contributed by atoms with Gasteiger partial charge in [0.15, 0.2) is 0 Å². The van der Waals surface area contributed by atoms with E-state index in [4.69, 9.17) is 14.8 Å². The predicted octanol–water partition coefficient (Wildman–Crippen LogP) is 1.99. The second kappa shape index (κ2) is 5.26. The van der Waals surface area contributed by atoms with Crippen molar-refractivity contribution in [3.8, 4) is 0 Å². The third-order valence-electron chi connectivity index (χ3n) is 2.93. The molecule has 0 aromatic heterocycles. The molecule has 0 spiro atoms. The van der Waals surface area contributed by atoms with E-state index in [2.05, 4.69) is 0 Å². The lowest BCUT2D eigenvalue weighted by molar-refractivity contribution is 0.258. The van der Waals surface area contributed by atoms with Crippen molar-refractivity contribution in [2.45, 2.75) is 31.7 Å². The summed E-state index contributed by atoms with van der Waals surface area (Å²) in [6, 6.07) is 0.329. The first-order valence-electron chi connectivity index (χ1n) is 5.06. The molecule has 1 aliphatic rings. The molecule has 0 aromatic rings. The number of nitrogens with two attached hydrogens (primary N) is 1. The minimum Gasteiger partial charge on any atom is -0.328 e. The van der Waals surface area contributed by atoms with E-state index in [0.29, 0.717) is 18.1 Å². The standard InChI is InChI=1S/C9H20NO3P/c1-12-14(11,13-2)7-8-3-5-9(10)6-4-8/h8-9H,3-7,10H2,1-2H3. The van der Waals surface area contributed by atoms with Crippen LogP contribution in [0.4, 0.5) is 0 Å². The summed E-state index contributed by atoms with van der Waals surface area (Å²) in [6.45, 7) is 0. The predicted molar refractivity (Wildman–Crippen MR) is 56.4 cm³/mol. The molecule has 0 unspecified atom stereocenters. The van der Waals surface area contributed by atoms with Gasteiger partial charge in [0.05, 0.1) is 6.16 Å². The molecule has 1 fully saturated rings. The average molecular weight is 221 g/mol. The maximum Gasteiger partial charge on any atom is 0.330 e. The Bertz CT molecular complexity index is 206. The molecule has 0 aliphatic heterocycles. The van der Waals surface area contributed by atoms with Gasteiger partial charge in [0.1, 0.15) is 0 Å². The van der Waals surface area contributed by atoms with Crippen LogP contribution in [0.1, 0.15) is 25.7 Å². The van der Waals surface area contributed by atoms with Crippen LogP contribution in [-0.4, -0.2) is 26.4 Å². The van der Waals surface area contributed by atoms with Gasteiger partial charge in [-0.2, -0.15) is 0 Å². The Labute approximate surface area is 85.7 Å².